The summed E-state index contributed by atoms with van der Waals surface area (Å²) in [5, 5.41) is 9.24. The van der Waals surface area contributed by atoms with Crippen LogP contribution in [-0.2, 0) is 30.0 Å². The van der Waals surface area contributed by atoms with Crippen LogP contribution in [0, 0.1) is 11.3 Å². The first-order valence-electron chi connectivity index (χ1n) is 12.2. The van der Waals surface area contributed by atoms with E-state index in [1.165, 1.54) is 37.3 Å². The number of halogens is 3. The minimum Gasteiger partial charge on any atom is -0.468 e. The van der Waals surface area contributed by atoms with Crippen LogP contribution < -0.4 is 4.90 Å². The predicted molar refractivity (Wildman–Crippen MR) is 135 cm³/mol. The van der Waals surface area contributed by atoms with Gasteiger partial charge in [0.1, 0.15) is 12.6 Å². The Bertz CT molecular complexity index is 1410. The van der Waals surface area contributed by atoms with Crippen molar-refractivity contribution in [1.29, 1.82) is 5.26 Å². The van der Waals surface area contributed by atoms with Gasteiger partial charge in [0.15, 0.2) is 11.6 Å². The summed E-state index contributed by atoms with van der Waals surface area (Å²) in [6, 6.07) is 10.2. The summed E-state index contributed by atoms with van der Waals surface area (Å²) >= 11 is 0. The van der Waals surface area contributed by atoms with Gasteiger partial charge in [-0.2, -0.15) is 18.4 Å². The van der Waals surface area contributed by atoms with Crippen LogP contribution >= 0.6 is 0 Å². The van der Waals surface area contributed by atoms with Gasteiger partial charge in [0.25, 0.3) is 0 Å². The number of benzene rings is 2. The van der Waals surface area contributed by atoms with Crippen molar-refractivity contribution in [3.05, 3.63) is 76.5 Å². The Hall–Kier alpha value is -4.21. The monoisotopic (exact) mass is 557 g/mol. The number of ketones is 1. The van der Waals surface area contributed by atoms with Crippen molar-refractivity contribution in [2.45, 2.75) is 44.9 Å². The van der Waals surface area contributed by atoms with Crippen molar-refractivity contribution in [2.24, 2.45) is 0 Å². The van der Waals surface area contributed by atoms with Gasteiger partial charge in [-0.3, -0.25) is 14.5 Å². The van der Waals surface area contributed by atoms with Crippen molar-refractivity contribution in [1.82, 2.24) is 4.90 Å². The average molecular weight is 558 g/mol. The maximum Gasteiger partial charge on any atom is 0.416 e. The number of anilines is 1. The standard InChI is InChI=1S/C28H26F3N3O6/c1-16-23(25(36)21-15-39-27(2,3)40-21)24(18-10-8-17(13-32)9-11-18)33(14-22(35)38-4)26(37)34(16)20-7-5-6-19(12-20)28(29,30)31/h5-12,21,24H,14-15H2,1-4H3. The second kappa shape index (κ2) is 10.7. The molecule has 0 saturated carbocycles. The molecule has 2 aliphatic heterocycles. The van der Waals surface area contributed by atoms with E-state index < -0.39 is 54.0 Å². The highest BCUT2D eigenvalue weighted by atomic mass is 19.4. The smallest absolute Gasteiger partial charge is 0.416 e. The molecule has 0 aliphatic carbocycles. The van der Waals surface area contributed by atoms with Gasteiger partial charge in [0.05, 0.1) is 42.6 Å². The van der Waals surface area contributed by atoms with Crippen molar-refractivity contribution in [3.63, 3.8) is 0 Å². The highest BCUT2D eigenvalue weighted by Gasteiger charge is 2.47. The third-order valence-electron chi connectivity index (χ3n) is 6.63. The minimum absolute atomic E-state index is 0.0110. The fourth-order valence-electron chi connectivity index (χ4n) is 4.73. The summed E-state index contributed by atoms with van der Waals surface area (Å²) in [6.07, 6.45) is -5.78. The van der Waals surface area contributed by atoms with E-state index in [4.69, 9.17) is 14.2 Å². The van der Waals surface area contributed by atoms with E-state index in [1.807, 2.05) is 6.07 Å². The molecule has 9 nitrogen and oxygen atoms in total. The maximum atomic E-state index is 14.0. The first-order valence-corrected chi connectivity index (χ1v) is 12.2. The highest BCUT2D eigenvalue weighted by Crippen LogP contribution is 2.42. The molecule has 210 valence electrons. The largest absolute Gasteiger partial charge is 0.468 e. The first kappa shape index (κ1) is 28.8. The number of nitriles is 1. The third kappa shape index (κ3) is 5.57. The van der Waals surface area contributed by atoms with Crippen LogP contribution in [0.1, 0.15) is 43.5 Å². The molecule has 1 fully saturated rings. The first-order chi connectivity index (χ1) is 18.8. The van der Waals surface area contributed by atoms with Gasteiger partial charge in [-0.25, -0.2) is 4.79 Å². The summed E-state index contributed by atoms with van der Waals surface area (Å²) in [6.45, 7) is 3.98. The molecule has 2 aromatic carbocycles. The van der Waals surface area contributed by atoms with Crippen molar-refractivity contribution >= 4 is 23.5 Å². The Kier molecular flexibility index (Phi) is 7.74. The summed E-state index contributed by atoms with van der Waals surface area (Å²) in [5.74, 6) is -2.46. The van der Waals surface area contributed by atoms with Crippen LogP contribution in [-0.4, -0.2) is 54.8 Å². The van der Waals surface area contributed by atoms with E-state index >= 15 is 0 Å². The predicted octanol–water partition coefficient (Wildman–Crippen LogP) is 4.73. The molecule has 0 N–H and O–H groups in total. The molecule has 0 bridgehead atoms. The molecule has 0 radical (unpaired) electrons. The lowest BCUT2D eigenvalue weighted by Crippen LogP contribution is -2.53. The number of esters is 1. The Balaban J connectivity index is 1.95. The van der Waals surface area contributed by atoms with E-state index in [-0.39, 0.29) is 23.6 Å². The van der Waals surface area contributed by atoms with Gasteiger partial charge in [-0.1, -0.05) is 18.2 Å². The zero-order valence-electron chi connectivity index (χ0n) is 22.1. The number of nitrogens with zero attached hydrogens (tertiary/aromatic N) is 3. The Morgan fingerprint density at radius 3 is 2.40 bits per heavy atom. The molecule has 0 aromatic heterocycles. The molecule has 2 amide bonds. The van der Waals surface area contributed by atoms with Gasteiger partial charge in [-0.05, 0) is 56.7 Å². The van der Waals surface area contributed by atoms with E-state index in [0.717, 1.165) is 35.1 Å². The minimum atomic E-state index is -4.69. The number of allylic oxidation sites excluding steroid dienone is 1. The second-order valence-corrected chi connectivity index (χ2v) is 9.69. The number of methoxy groups -OCH3 is 1. The lowest BCUT2D eigenvalue weighted by atomic mass is 9.88. The second-order valence-electron chi connectivity index (χ2n) is 9.69. The molecule has 2 aliphatic rings. The number of Topliss-reactive ketones (excluding diaryl/α,β-unsaturated/α-hetero) is 1. The number of ether oxygens (including phenoxy) is 3. The Labute approximate surface area is 228 Å². The topological polar surface area (TPSA) is 109 Å². The molecule has 0 spiro atoms. The summed E-state index contributed by atoms with van der Waals surface area (Å²) in [4.78, 5) is 42.5. The molecule has 2 heterocycles. The number of alkyl halides is 3. The van der Waals surface area contributed by atoms with Crippen molar-refractivity contribution in [3.8, 4) is 6.07 Å². The Morgan fingerprint density at radius 1 is 1.18 bits per heavy atom. The number of hydrogen-bond donors (Lipinski definition) is 0. The lowest BCUT2D eigenvalue weighted by Gasteiger charge is -2.43. The van der Waals surface area contributed by atoms with Crippen LogP contribution in [0.25, 0.3) is 0 Å². The van der Waals surface area contributed by atoms with E-state index in [1.54, 1.807) is 13.8 Å². The van der Waals surface area contributed by atoms with Gasteiger partial charge < -0.3 is 19.1 Å². The molecule has 1 saturated heterocycles. The molecule has 2 atom stereocenters. The van der Waals surface area contributed by atoms with E-state index in [0.29, 0.717) is 11.1 Å². The summed E-state index contributed by atoms with van der Waals surface area (Å²) in [7, 11) is 1.12. The molecule has 12 heteroatoms. The third-order valence-corrected chi connectivity index (χ3v) is 6.63. The van der Waals surface area contributed by atoms with Crippen LogP contribution in [0.5, 0.6) is 0 Å². The summed E-state index contributed by atoms with van der Waals surface area (Å²) in [5.41, 5.74) is -0.379. The number of carbonyl (C=O) groups is 3. The molecule has 2 unspecified atom stereocenters. The summed E-state index contributed by atoms with van der Waals surface area (Å²) < 4.78 is 56.8. The van der Waals surface area contributed by atoms with Crippen molar-refractivity contribution in [2.75, 3.05) is 25.2 Å². The Morgan fingerprint density at radius 2 is 1.85 bits per heavy atom. The number of rotatable bonds is 6. The SMILES string of the molecule is COC(=O)CN1C(=O)N(c2cccc(C(F)(F)F)c2)C(C)=C(C(=O)C2COC(C)(C)O2)C1c1ccc(C#N)cc1. The molecule has 4 rings (SSSR count). The van der Waals surface area contributed by atoms with Crippen LogP contribution in [0.3, 0.4) is 0 Å². The molecular weight excluding hydrogens is 531 g/mol. The number of urea groups is 1. The van der Waals surface area contributed by atoms with Crippen molar-refractivity contribution < 1.29 is 41.8 Å². The van der Waals surface area contributed by atoms with Crippen LogP contribution in [0.4, 0.5) is 23.7 Å². The number of amides is 2. The average Bonchev–Trinajstić information content (AvgIpc) is 3.29. The van der Waals surface area contributed by atoms with Gasteiger partial charge >= 0.3 is 18.2 Å². The highest BCUT2D eigenvalue weighted by molar-refractivity contribution is 6.08. The normalized spacial score (nSPS) is 20.9. The van der Waals surface area contributed by atoms with Gasteiger partial charge in [0.2, 0.25) is 0 Å². The zero-order chi connectivity index (χ0) is 29.4. The lowest BCUT2D eigenvalue weighted by molar-refractivity contribution is -0.150. The fraction of sp³-hybridized carbons (Fsp3) is 0.357. The quantitative estimate of drug-likeness (QED) is 0.473. The van der Waals surface area contributed by atoms with E-state index in [9.17, 15) is 32.8 Å². The molecule has 2 aromatic rings. The van der Waals surface area contributed by atoms with Gasteiger partial charge in [0, 0.05) is 11.3 Å². The molecule has 40 heavy (non-hydrogen) atoms. The number of carbonyl (C=O) groups excluding carboxylic acids is 3. The van der Waals surface area contributed by atoms with Crippen LogP contribution in [0.2, 0.25) is 0 Å². The molecular formula is C28H26F3N3O6. The maximum absolute atomic E-state index is 14.0. The van der Waals surface area contributed by atoms with E-state index in [2.05, 4.69) is 0 Å². The van der Waals surface area contributed by atoms with Gasteiger partial charge in [-0.15, -0.1) is 0 Å². The number of hydrogen-bond acceptors (Lipinski definition) is 7. The zero-order valence-corrected chi connectivity index (χ0v) is 22.1. The van der Waals surface area contributed by atoms with Crippen LogP contribution in [0.15, 0.2) is 59.8 Å². The fourth-order valence-corrected chi connectivity index (χ4v) is 4.73.